The van der Waals surface area contributed by atoms with Crippen molar-refractivity contribution in [3.8, 4) is 0 Å². The number of fused-ring (bicyclic) bond motifs is 3. The van der Waals surface area contributed by atoms with E-state index in [4.69, 9.17) is 0 Å². The summed E-state index contributed by atoms with van der Waals surface area (Å²) in [5.74, 6) is 1.52. The van der Waals surface area contributed by atoms with Gasteiger partial charge < -0.3 is 5.32 Å². The standard InChI is InChI=1S/C20H28N6O2S/c1-4-5-9-21-18(27)14-7-6-13(2)25(11-14)12-16-22-23-20-24(3)19(28)17-15(26(16)20)8-10-29-17/h8,10,13-14H,4-7,9,11-12H2,1-3H3,(H,21,27). The van der Waals surface area contributed by atoms with E-state index < -0.39 is 0 Å². The van der Waals surface area contributed by atoms with Crippen LogP contribution < -0.4 is 10.9 Å². The van der Waals surface area contributed by atoms with Gasteiger partial charge in [0.1, 0.15) is 4.70 Å². The summed E-state index contributed by atoms with van der Waals surface area (Å²) in [6.45, 7) is 6.39. The van der Waals surface area contributed by atoms with Crippen molar-refractivity contribution in [1.82, 2.24) is 29.4 Å². The Morgan fingerprint density at radius 3 is 2.97 bits per heavy atom. The highest BCUT2D eigenvalue weighted by Gasteiger charge is 2.31. The maximum atomic E-state index is 12.6. The Balaban J connectivity index is 1.59. The van der Waals surface area contributed by atoms with Crippen LogP contribution in [0.15, 0.2) is 16.2 Å². The minimum atomic E-state index is -0.0448. The van der Waals surface area contributed by atoms with Crippen LogP contribution in [0.3, 0.4) is 0 Å². The van der Waals surface area contributed by atoms with E-state index in [0.717, 1.165) is 43.6 Å². The summed E-state index contributed by atoms with van der Waals surface area (Å²) < 4.78 is 4.24. The molecule has 1 N–H and O–H groups in total. The molecule has 1 fully saturated rings. The summed E-state index contributed by atoms with van der Waals surface area (Å²) in [6.07, 6.45) is 3.99. The molecule has 3 aromatic heterocycles. The fraction of sp³-hybridized carbons (Fsp3) is 0.600. The number of carbonyl (C=O) groups is 1. The van der Waals surface area contributed by atoms with Crippen LogP contribution in [-0.2, 0) is 18.4 Å². The second-order valence-corrected chi connectivity index (χ2v) is 8.86. The first-order chi connectivity index (χ1) is 14.0. The van der Waals surface area contributed by atoms with Gasteiger partial charge in [0.2, 0.25) is 11.7 Å². The number of nitrogens with one attached hydrogen (secondary N) is 1. The second kappa shape index (κ2) is 8.23. The molecule has 0 spiro atoms. The predicted molar refractivity (Wildman–Crippen MR) is 114 cm³/mol. The summed E-state index contributed by atoms with van der Waals surface area (Å²) in [6, 6.07) is 2.32. The number of rotatable bonds is 6. The Hall–Kier alpha value is -2.26. The van der Waals surface area contributed by atoms with E-state index in [1.807, 2.05) is 15.8 Å². The quantitative estimate of drug-likeness (QED) is 0.623. The molecule has 1 aliphatic rings. The number of unbranched alkanes of at least 4 members (excludes halogenated alkanes) is 1. The highest BCUT2D eigenvalue weighted by Crippen LogP contribution is 2.25. The molecule has 0 saturated carbocycles. The van der Waals surface area contributed by atoms with Crippen molar-refractivity contribution >= 4 is 33.2 Å². The number of amides is 1. The minimum Gasteiger partial charge on any atom is -0.356 e. The van der Waals surface area contributed by atoms with Crippen molar-refractivity contribution in [2.75, 3.05) is 13.1 Å². The van der Waals surface area contributed by atoms with Gasteiger partial charge in [-0.1, -0.05) is 13.3 Å². The largest absolute Gasteiger partial charge is 0.356 e. The molecular formula is C20H28N6O2S. The number of likely N-dealkylation sites (tertiary alicyclic amines) is 1. The van der Waals surface area contributed by atoms with Crippen molar-refractivity contribution in [1.29, 1.82) is 0 Å². The van der Waals surface area contributed by atoms with Crippen LogP contribution in [0, 0.1) is 5.92 Å². The molecule has 4 heterocycles. The molecule has 1 saturated heterocycles. The van der Waals surface area contributed by atoms with E-state index in [-0.39, 0.29) is 17.4 Å². The molecule has 1 amide bonds. The van der Waals surface area contributed by atoms with E-state index in [1.165, 1.54) is 11.3 Å². The number of hydrogen-bond donors (Lipinski definition) is 1. The van der Waals surface area contributed by atoms with Crippen LogP contribution in [0.1, 0.15) is 45.4 Å². The third-order valence-electron chi connectivity index (χ3n) is 5.95. The van der Waals surface area contributed by atoms with Gasteiger partial charge in [-0.2, -0.15) is 0 Å². The van der Waals surface area contributed by atoms with Crippen LogP contribution in [0.25, 0.3) is 16.0 Å². The Morgan fingerprint density at radius 1 is 1.34 bits per heavy atom. The van der Waals surface area contributed by atoms with Gasteiger partial charge in [0.05, 0.1) is 18.0 Å². The molecule has 156 valence electrons. The first kappa shape index (κ1) is 20.0. The molecule has 9 heteroatoms. The lowest BCUT2D eigenvalue weighted by Crippen LogP contribution is -2.46. The summed E-state index contributed by atoms with van der Waals surface area (Å²) in [7, 11) is 1.73. The predicted octanol–water partition coefficient (Wildman–Crippen LogP) is 2.16. The summed E-state index contributed by atoms with van der Waals surface area (Å²) in [5, 5.41) is 13.7. The average Bonchev–Trinajstić information content (AvgIpc) is 3.35. The van der Waals surface area contributed by atoms with E-state index in [0.29, 0.717) is 29.6 Å². The number of aromatic nitrogens is 4. The Bertz CT molecular complexity index is 1080. The summed E-state index contributed by atoms with van der Waals surface area (Å²) in [4.78, 5) is 27.4. The Morgan fingerprint density at radius 2 is 2.17 bits per heavy atom. The molecule has 3 aromatic rings. The second-order valence-electron chi connectivity index (χ2n) is 7.95. The number of thiophene rings is 1. The maximum absolute atomic E-state index is 12.6. The SMILES string of the molecule is CCCCNC(=O)C1CCC(C)N(Cc2nnc3n(C)c(=O)c4sccc4n23)C1. The van der Waals surface area contributed by atoms with Gasteiger partial charge in [-0.3, -0.25) is 23.5 Å². The van der Waals surface area contributed by atoms with Gasteiger partial charge in [0.15, 0.2) is 5.82 Å². The van der Waals surface area contributed by atoms with Gasteiger partial charge in [-0.15, -0.1) is 21.5 Å². The first-order valence-electron chi connectivity index (χ1n) is 10.3. The van der Waals surface area contributed by atoms with E-state index >= 15 is 0 Å². The molecule has 8 nitrogen and oxygen atoms in total. The number of carbonyl (C=O) groups excluding carboxylic acids is 1. The molecule has 0 radical (unpaired) electrons. The minimum absolute atomic E-state index is 0.00719. The Labute approximate surface area is 173 Å². The number of piperidine rings is 1. The molecule has 0 bridgehead atoms. The van der Waals surface area contributed by atoms with Crippen molar-refractivity contribution < 1.29 is 4.79 Å². The van der Waals surface area contributed by atoms with E-state index in [9.17, 15) is 9.59 Å². The molecule has 2 unspecified atom stereocenters. The molecular weight excluding hydrogens is 388 g/mol. The van der Waals surface area contributed by atoms with Gasteiger partial charge in [-0.05, 0) is 37.6 Å². The van der Waals surface area contributed by atoms with E-state index in [1.54, 1.807) is 11.6 Å². The van der Waals surface area contributed by atoms with Gasteiger partial charge in [0.25, 0.3) is 5.56 Å². The lowest BCUT2D eigenvalue weighted by Gasteiger charge is -2.36. The van der Waals surface area contributed by atoms with Crippen LogP contribution in [-0.4, -0.2) is 49.1 Å². The number of aryl methyl sites for hydroxylation is 1. The van der Waals surface area contributed by atoms with Crippen molar-refractivity contribution in [2.45, 2.75) is 52.1 Å². The van der Waals surface area contributed by atoms with Gasteiger partial charge in [0, 0.05) is 26.2 Å². The smallest absolute Gasteiger partial charge is 0.272 e. The summed E-state index contributed by atoms with van der Waals surface area (Å²) >= 11 is 1.44. The fourth-order valence-corrected chi connectivity index (χ4v) is 4.93. The van der Waals surface area contributed by atoms with Crippen LogP contribution in [0.4, 0.5) is 0 Å². The molecule has 4 rings (SSSR count). The molecule has 0 aromatic carbocycles. The molecule has 29 heavy (non-hydrogen) atoms. The number of nitrogens with zero attached hydrogens (tertiary/aromatic N) is 5. The third kappa shape index (κ3) is 3.69. The van der Waals surface area contributed by atoms with E-state index in [2.05, 4.69) is 34.3 Å². The highest BCUT2D eigenvalue weighted by atomic mass is 32.1. The fourth-order valence-electron chi connectivity index (χ4n) is 4.08. The zero-order valence-corrected chi connectivity index (χ0v) is 18.0. The van der Waals surface area contributed by atoms with Crippen LogP contribution in [0.5, 0.6) is 0 Å². The van der Waals surface area contributed by atoms with Gasteiger partial charge in [-0.25, -0.2) is 0 Å². The zero-order chi connectivity index (χ0) is 20.5. The van der Waals surface area contributed by atoms with Crippen molar-refractivity contribution in [2.24, 2.45) is 13.0 Å². The lowest BCUT2D eigenvalue weighted by atomic mass is 9.92. The number of hydrogen-bond acceptors (Lipinski definition) is 6. The van der Waals surface area contributed by atoms with Crippen molar-refractivity contribution in [3.05, 3.63) is 27.6 Å². The Kier molecular flexibility index (Phi) is 5.69. The molecule has 1 aliphatic heterocycles. The zero-order valence-electron chi connectivity index (χ0n) is 17.2. The topological polar surface area (TPSA) is 84.5 Å². The molecule has 2 atom stereocenters. The highest BCUT2D eigenvalue weighted by molar-refractivity contribution is 7.17. The van der Waals surface area contributed by atoms with Gasteiger partial charge >= 0.3 is 0 Å². The van der Waals surface area contributed by atoms with Crippen LogP contribution >= 0.6 is 11.3 Å². The van der Waals surface area contributed by atoms with Crippen molar-refractivity contribution in [3.63, 3.8) is 0 Å². The monoisotopic (exact) mass is 416 g/mol. The lowest BCUT2D eigenvalue weighted by molar-refractivity contribution is -0.127. The third-order valence-corrected chi connectivity index (χ3v) is 6.84. The average molecular weight is 417 g/mol. The van der Waals surface area contributed by atoms with Crippen LogP contribution in [0.2, 0.25) is 0 Å². The maximum Gasteiger partial charge on any atom is 0.272 e. The first-order valence-corrected chi connectivity index (χ1v) is 11.2. The normalized spacial score (nSPS) is 20.5. The summed E-state index contributed by atoms with van der Waals surface area (Å²) in [5.41, 5.74) is 0.809. The molecule has 0 aliphatic carbocycles.